The number of carbonyl (C=O) groups excluding carboxylic acids is 1. The van der Waals surface area contributed by atoms with Gasteiger partial charge in [-0.05, 0) is 12.8 Å². The van der Waals surface area contributed by atoms with Crippen molar-refractivity contribution in [1.82, 2.24) is 19.6 Å². The number of nitrogens with zero attached hydrogens (tertiary/aromatic N) is 4. The maximum Gasteiger partial charge on any atom is 0.243 e. The summed E-state index contributed by atoms with van der Waals surface area (Å²) in [5, 5.41) is 4.23. The summed E-state index contributed by atoms with van der Waals surface area (Å²) in [4.78, 5) is 19.4. The van der Waals surface area contributed by atoms with Crippen LogP contribution in [0.3, 0.4) is 0 Å². The number of aromatic nitrogens is 3. The zero-order chi connectivity index (χ0) is 18.8. The second-order valence-corrected chi connectivity index (χ2v) is 7.30. The molecule has 1 aromatic carbocycles. The molecule has 140 valence electrons. The summed E-state index contributed by atoms with van der Waals surface area (Å²) < 4.78 is 7.36. The monoisotopic (exact) mass is 364 g/mol. The summed E-state index contributed by atoms with van der Waals surface area (Å²) >= 11 is 0. The second-order valence-electron chi connectivity index (χ2n) is 7.30. The van der Waals surface area contributed by atoms with Crippen LogP contribution in [0.5, 0.6) is 0 Å². The largest absolute Gasteiger partial charge is 0.361 e. The average Bonchev–Trinajstić information content (AvgIpc) is 3.41. The van der Waals surface area contributed by atoms with Gasteiger partial charge in [-0.25, -0.2) is 4.98 Å². The second kappa shape index (κ2) is 7.39. The molecule has 1 amide bonds. The minimum absolute atomic E-state index is 0.00236. The van der Waals surface area contributed by atoms with Crippen LogP contribution < -0.4 is 0 Å². The minimum atomic E-state index is -0.00236. The molecule has 4 rings (SSSR count). The molecule has 0 radical (unpaired) electrons. The summed E-state index contributed by atoms with van der Waals surface area (Å²) in [6, 6.07) is 11.9. The highest BCUT2D eigenvalue weighted by Gasteiger charge is 2.32. The van der Waals surface area contributed by atoms with E-state index in [1.165, 1.54) is 0 Å². The van der Waals surface area contributed by atoms with E-state index in [1.807, 2.05) is 52.1 Å². The van der Waals surface area contributed by atoms with Gasteiger partial charge in [-0.2, -0.15) is 0 Å². The van der Waals surface area contributed by atoms with Gasteiger partial charge < -0.3 is 14.0 Å². The van der Waals surface area contributed by atoms with Gasteiger partial charge in [0.15, 0.2) is 0 Å². The highest BCUT2D eigenvalue weighted by molar-refractivity contribution is 5.77. The SMILES string of the molecule is CC(C)c1cc([C@H]2CCCN2C(=O)Cn2ccnc2-c2ccccc2)no1. The van der Waals surface area contributed by atoms with Crippen LogP contribution in [0.1, 0.15) is 50.1 Å². The zero-order valence-electron chi connectivity index (χ0n) is 15.7. The zero-order valence-corrected chi connectivity index (χ0v) is 15.7. The molecular weight excluding hydrogens is 340 g/mol. The van der Waals surface area contributed by atoms with Crippen molar-refractivity contribution in [2.45, 2.75) is 45.2 Å². The van der Waals surface area contributed by atoms with Crippen LogP contribution in [0.25, 0.3) is 11.4 Å². The molecule has 1 saturated heterocycles. The Morgan fingerprint density at radius 1 is 1.30 bits per heavy atom. The van der Waals surface area contributed by atoms with E-state index in [0.717, 1.165) is 42.2 Å². The lowest BCUT2D eigenvalue weighted by Gasteiger charge is -2.23. The number of likely N-dealkylation sites (tertiary alicyclic amines) is 1. The van der Waals surface area contributed by atoms with Crippen LogP contribution in [0.4, 0.5) is 0 Å². The summed E-state index contributed by atoms with van der Waals surface area (Å²) in [6.45, 7) is 5.18. The quantitative estimate of drug-likeness (QED) is 0.686. The summed E-state index contributed by atoms with van der Waals surface area (Å²) in [7, 11) is 0. The molecule has 0 bridgehead atoms. The number of hydrogen-bond acceptors (Lipinski definition) is 4. The van der Waals surface area contributed by atoms with Crippen molar-refractivity contribution in [3.8, 4) is 11.4 Å². The molecule has 1 aliphatic heterocycles. The van der Waals surface area contributed by atoms with Crippen LogP contribution in [0.2, 0.25) is 0 Å². The van der Waals surface area contributed by atoms with E-state index in [9.17, 15) is 4.79 Å². The Balaban J connectivity index is 1.52. The van der Waals surface area contributed by atoms with Crippen molar-refractivity contribution in [3.63, 3.8) is 0 Å². The van der Waals surface area contributed by atoms with Crippen LogP contribution in [0, 0.1) is 0 Å². The van der Waals surface area contributed by atoms with Gasteiger partial charge in [0.2, 0.25) is 5.91 Å². The van der Waals surface area contributed by atoms with E-state index < -0.39 is 0 Å². The Kier molecular flexibility index (Phi) is 4.79. The molecule has 0 aliphatic carbocycles. The molecule has 0 unspecified atom stereocenters. The van der Waals surface area contributed by atoms with Crippen molar-refractivity contribution in [2.75, 3.05) is 6.54 Å². The van der Waals surface area contributed by atoms with Gasteiger partial charge in [0.1, 0.15) is 23.8 Å². The average molecular weight is 364 g/mol. The van der Waals surface area contributed by atoms with Gasteiger partial charge in [0.25, 0.3) is 0 Å². The first-order valence-electron chi connectivity index (χ1n) is 9.46. The van der Waals surface area contributed by atoms with Crippen molar-refractivity contribution in [2.24, 2.45) is 0 Å². The fourth-order valence-corrected chi connectivity index (χ4v) is 3.63. The molecule has 1 atom stereocenters. The maximum absolute atomic E-state index is 13.0. The highest BCUT2D eigenvalue weighted by atomic mass is 16.5. The van der Waals surface area contributed by atoms with Gasteiger partial charge in [0.05, 0.1) is 6.04 Å². The van der Waals surface area contributed by atoms with Crippen molar-refractivity contribution in [1.29, 1.82) is 0 Å². The molecule has 3 aromatic rings. The number of amides is 1. The maximum atomic E-state index is 13.0. The molecule has 6 nitrogen and oxygen atoms in total. The Labute approximate surface area is 158 Å². The van der Waals surface area contributed by atoms with Gasteiger partial charge in [-0.1, -0.05) is 49.3 Å². The van der Waals surface area contributed by atoms with E-state index in [1.54, 1.807) is 6.20 Å². The fraction of sp³-hybridized carbons (Fsp3) is 0.381. The van der Waals surface area contributed by atoms with Gasteiger partial charge >= 0.3 is 0 Å². The predicted octanol–water partition coefficient (Wildman–Crippen LogP) is 4.03. The molecule has 27 heavy (non-hydrogen) atoms. The van der Waals surface area contributed by atoms with Gasteiger partial charge in [0, 0.05) is 36.5 Å². The Bertz CT molecular complexity index is 913. The third kappa shape index (κ3) is 3.52. The summed E-state index contributed by atoms with van der Waals surface area (Å²) in [6.07, 6.45) is 5.50. The topological polar surface area (TPSA) is 64.2 Å². The number of imidazole rings is 1. The minimum Gasteiger partial charge on any atom is -0.361 e. The molecule has 0 saturated carbocycles. The van der Waals surface area contributed by atoms with Crippen LogP contribution in [0.15, 0.2) is 53.3 Å². The number of carbonyl (C=O) groups is 1. The first-order chi connectivity index (χ1) is 13.1. The third-order valence-corrected chi connectivity index (χ3v) is 5.08. The first kappa shape index (κ1) is 17.5. The fourth-order valence-electron chi connectivity index (χ4n) is 3.63. The Morgan fingerprint density at radius 3 is 2.85 bits per heavy atom. The van der Waals surface area contributed by atoms with Gasteiger partial charge in [-0.15, -0.1) is 0 Å². The molecular formula is C21H24N4O2. The molecule has 0 spiro atoms. The lowest BCUT2D eigenvalue weighted by Crippen LogP contribution is -2.33. The first-order valence-corrected chi connectivity index (χ1v) is 9.46. The lowest BCUT2D eigenvalue weighted by atomic mass is 10.1. The van der Waals surface area contributed by atoms with E-state index >= 15 is 0 Å². The van der Waals surface area contributed by atoms with Crippen LogP contribution >= 0.6 is 0 Å². The molecule has 2 aromatic heterocycles. The molecule has 1 aliphatic rings. The van der Waals surface area contributed by atoms with E-state index in [2.05, 4.69) is 24.0 Å². The van der Waals surface area contributed by atoms with Gasteiger partial charge in [-0.3, -0.25) is 4.79 Å². The Hall–Kier alpha value is -2.89. The standard InChI is InChI=1S/C21H24N4O2/c1-15(2)19-13-17(23-27-19)18-9-6-11-25(18)20(26)14-24-12-10-22-21(24)16-7-4-3-5-8-16/h3-5,7-8,10,12-13,15,18H,6,9,11,14H2,1-2H3/t18-/m1/s1. The number of rotatable bonds is 5. The third-order valence-electron chi connectivity index (χ3n) is 5.08. The van der Waals surface area contributed by atoms with Crippen LogP contribution in [-0.4, -0.2) is 32.1 Å². The summed E-state index contributed by atoms with van der Waals surface area (Å²) in [5.74, 6) is 2.05. The van der Waals surface area contributed by atoms with E-state index in [0.29, 0.717) is 0 Å². The van der Waals surface area contributed by atoms with E-state index in [4.69, 9.17) is 4.52 Å². The number of hydrogen-bond donors (Lipinski definition) is 0. The molecule has 3 heterocycles. The van der Waals surface area contributed by atoms with Crippen LogP contribution in [-0.2, 0) is 11.3 Å². The van der Waals surface area contributed by atoms with Crippen molar-refractivity contribution < 1.29 is 9.32 Å². The van der Waals surface area contributed by atoms with Crippen molar-refractivity contribution >= 4 is 5.91 Å². The molecule has 0 N–H and O–H groups in total. The number of benzene rings is 1. The predicted molar refractivity (Wildman–Crippen MR) is 102 cm³/mol. The van der Waals surface area contributed by atoms with E-state index in [-0.39, 0.29) is 24.4 Å². The molecule has 6 heteroatoms. The van der Waals surface area contributed by atoms with Crippen molar-refractivity contribution in [3.05, 3.63) is 60.2 Å². The lowest BCUT2D eigenvalue weighted by molar-refractivity contribution is -0.132. The summed E-state index contributed by atoms with van der Waals surface area (Å²) in [5.41, 5.74) is 1.87. The smallest absolute Gasteiger partial charge is 0.243 e. The molecule has 1 fully saturated rings. The highest BCUT2D eigenvalue weighted by Crippen LogP contribution is 2.33. The normalized spacial score (nSPS) is 17.0. The Morgan fingerprint density at radius 2 is 2.11 bits per heavy atom.